The van der Waals surface area contributed by atoms with Gasteiger partial charge in [0.15, 0.2) is 0 Å². The smallest absolute Gasteiger partial charge is 0.338 e. The van der Waals surface area contributed by atoms with E-state index in [2.05, 4.69) is 0 Å². The molecule has 0 saturated carbocycles. The predicted molar refractivity (Wildman–Crippen MR) is 104 cm³/mol. The number of esters is 1. The van der Waals surface area contributed by atoms with Crippen molar-refractivity contribution in [2.75, 3.05) is 13.1 Å². The lowest BCUT2D eigenvalue weighted by atomic mass is 10.1. The largest absolute Gasteiger partial charge is 0.457 e. The number of hydrogen-bond acceptors (Lipinski definition) is 4. The first kappa shape index (κ1) is 19.9. The second-order valence-corrected chi connectivity index (χ2v) is 8.99. The first-order chi connectivity index (χ1) is 12.9. The Hall–Kier alpha value is -1.89. The summed E-state index contributed by atoms with van der Waals surface area (Å²) in [6.07, 6.45) is 2.68. The minimum Gasteiger partial charge on any atom is -0.457 e. The van der Waals surface area contributed by atoms with Crippen LogP contribution < -0.4 is 0 Å². The summed E-state index contributed by atoms with van der Waals surface area (Å²) in [5, 5.41) is 0.107. The molecule has 5 nitrogen and oxygen atoms in total. The van der Waals surface area contributed by atoms with Crippen LogP contribution in [0.15, 0.2) is 47.4 Å². The molecular weight excluding hydrogens is 386 g/mol. The van der Waals surface area contributed by atoms with Crippen molar-refractivity contribution in [2.24, 2.45) is 0 Å². The molecule has 2 aromatic rings. The Morgan fingerprint density at radius 3 is 2.56 bits per heavy atom. The number of ether oxygens (including phenoxy) is 1. The fourth-order valence-corrected chi connectivity index (χ4v) is 5.12. The number of carbonyl (C=O) groups is 1. The number of nitrogens with zero attached hydrogens (tertiary/aromatic N) is 1. The van der Waals surface area contributed by atoms with Crippen molar-refractivity contribution in [2.45, 2.75) is 37.7 Å². The van der Waals surface area contributed by atoms with Gasteiger partial charge in [0, 0.05) is 13.1 Å². The maximum atomic E-state index is 12.9. The minimum absolute atomic E-state index is 0.0453. The fourth-order valence-electron chi connectivity index (χ4n) is 3.11. The van der Waals surface area contributed by atoms with Gasteiger partial charge in [0.2, 0.25) is 10.0 Å². The van der Waals surface area contributed by atoms with Crippen LogP contribution in [0.3, 0.4) is 0 Å². The van der Waals surface area contributed by atoms with Crippen LogP contribution in [0.1, 0.15) is 40.7 Å². The van der Waals surface area contributed by atoms with Crippen LogP contribution in [-0.2, 0) is 21.4 Å². The number of piperidine rings is 1. The van der Waals surface area contributed by atoms with E-state index in [-0.39, 0.29) is 22.1 Å². The number of benzene rings is 2. The Balaban J connectivity index is 1.79. The van der Waals surface area contributed by atoms with Gasteiger partial charge in [0.25, 0.3) is 0 Å². The minimum atomic E-state index is -3.73. The fraction of sp³-hybridized carbons (Fsp3) is 0.350. The van der Waals surface area contributed by atoms with E-state index >= 15 is 0 Å². The molecule has 1 saturated heterocycles. The van der Waals surface area contributed by atoms with E-state index in [0.717, 1.165) is 30.4 Å². The monoisotopic (exact) mass is 407 g/mol. The summed E-state index contributed by atoms with van der Waals surface area (Å²) in [7, 11) is -3.73. The molecule has 1 aliphatic heterocycles. The molecule has 0 unspecified atom stereocenters. The van der Waals surface area contributed by atoms with Gasteiger partial charge in [-0.1, -0.05) is 47.9 Å². The van der Waals surface area contributed by atoms with E-state index in [0.29, 0.717) is 13.1 Å². The third-order valence-corrected chi connectivity index (χ3v) is 6.93. The van der Waals surface area contributed by atoms with Crippen LogP contribution in [0.4, 0.5) is 0 Å². The van der Waals surface area contributed by atoms with Crippen molar-refractivity contribution in [3.8, 4) is 0 Å². The molecule has 0 N–H and O–H groups in total. The highest BCUT2D eigenvalue weighted by molar-refractivity contribution is 7.89. The zero-order chi connectivity index (χ0) is 19.4. The average molecular weight is 408 g/mol. The summed E-state index contributed by atoms with van der Waals surface area (Å²) in [6, 6.07) is 11.9. The molecule has 1 fully saturated rings. The van der Waals surface area contributed by atoms with Crippen molar-refractivity contribution >= 4 is 27.6 Å². The van der Waals surface area contributed by atoms with Crippen molar-refractivity contribution in [1.29, 1.82) is 0 Å². The summed E-state index contributed by atoms with van der Waals surface area (Å²) in [5.74, 6) is -0.580. The lowest BCUT2D eigenvalue weighted by Gasteiger charge is -2.26. The molecule has 0 aliphatic carbocycles. The first-order valence-electron chi connectivity index (χ1n) is 8.90. The van der Waals surface area contributed by atoms with Gasteiger partial charge < -0.3 is 4.74 Å². The molecule has 144 valence electrons. The lowest BCUT2D eigenvalue weighted by molar-refractivity contribution is 0.0472. The second kappa shape index (κ2) is 8.42. The number of sulfonamides is 1. The summed E-state index contributed by atoms with van der Waals surface area (Å²) in [6.45, 7) is 3.03. The van der Waals surface area contributed by atoms with E-state index in [1.165, 1.54) is 22.5 Å². The van der Waals surface area contributed by atoms with Gasteiger partial charge in [-0.3, -0.25) is 0 Å². The number of hydrogen-bond donors (Lipinski definition) is 0. The van der Waals surface area contributed by atoms with Crippen molar-refractivity contribution < 1.29 is 17.9 Å². The molecule has 0 radical (unpaired) electrons. The topological polar surface area (TPSA) is 63.7 Å². The molecular formula is C20H22ClNO4S. The summed E-state index contributed by atoms with van der Waals surface area (Å²) in [4.78, 5) is 12.4. The van der Waals surface area contributed by atoms with E-state index in [4.69, 9.17) is 16.3 Å². The molecule has 0 aromatic heterocycles. The summed E-state index contributed by atoms with van der Waals surface area (Å²) in [5.41, 5.74) is 2.12. The molecule has 0 amide bonds. The van der Waals surface area contributed by atoms with E-state index < -0.39 is 16.0 Å². The van der Waals surface area contributed by atoms with Gasteiger partial charge in [-0.05, 0) is 43.5 Å². The molecule has 3 rings (SSSR count). The van der Waals surface area contributed by atoms with Crippen molar-refractivity contribution in [1.82, 2.24) is 4.31 Å². The highest BCUT2D eigenvalue weighted by atomic mass is 35.5. The van der Waals surface area contributed by atoms with Gasteiger partial charge >= 0.3 is 5.97 Å². The van der Waals surface area contributed by atoms with Gasteiger partial charge in [0.1, 0.15) is 11.5 Å². The van der Waals surface area contributed by atoms with Crippen molar-refractivity contribution in [3.63, 3.8) is 0 Å². The highest BCUT2D eigenvalue weighted by Crippen LogP contribution is 2.28. The summed E-state index contributed by atoms with van der Waals surface area (Å²) < 4.78 is 32.5. The lowest BCUT2D eigenvalue weighted by Crippen LogP contribution is -2.35. The number of aryl methyl sites for hydroxylation is 1. The van der Waals surface area contributed by atoms with Crippen LogP contribution in [0.5, 0.6) is 0 Å². The molecule has 0 atom stereocenters. The Kier molecular flexibility index (Phi) is 6.19. The van der Waals surface area contributed by atoms with Crippen LogP contribution in [0.25, 0.3) is 0 Å². The molecule has 2 aromatic carbocycles. The Labute approximate surface area is 165 Å². The van der Waals surface area contributed by atoms with Gasteiger partial charge in [-0.25, -0.2) is 13.2 Å². The molecule has 1 heterocycles. The molecule has 1 aliphatic rings. The Bertz CT molecular complexity index is 937. The zero-order valence-electron chi connectivity index (χ0n) is 15.2. The average Bonchev–Trinajstić information content (AvgIpc) is 2.67. The van der Waals surface area contributed by atoms with E-state index in [1.807, 2.05) is 31.2 Å². The maximum absolute atomic E-state index is 12.9. The van der Waals surface area contributed by atoms with E-state index in [9.17, 15) is 13.2 Å². The molecule has 0 spiro atoms. The SMILES string of the molecule is Cc1cccc(COC(=O)c2ccc(Cl)c(S(=O)(=O)N3CCCCC3)c2)c1. The number of carbonyl (C=O) groups excluding carboxylic acids is 1. The van der Waals surface area contributed by atoms with Crippen LogP contribution >= 0.6 is 11.6 Å². The summed E-state index contributed by atoms with van der Waals surface area (Å²) >= 11 is 6.14. The first-order valence-corrected chi connectivity index (χ1v) is 10.7. The van der Waals surface area contributed by atoms with Crippen LogP contribution in [-0.4, -0.2) is 31.8 Å². The standard InChI is InChI=1S/C20H22ClNO4S/c1-15-6-5-7-16(12-15)14-26-20(23)17-8-9-18(21)19(13-17)27(24,25)22-10-3-2-4-11-22/h5-9,12-13H,2-4,10-11,14H2,1H3. The Morgan fingerprint density at radius 2 is 1.85 bits per heavy atom. The Morgan fingerprint density at radius 1 is 1.11 bits per heavy atom. The van der Waals surface area contributed by atoms with Gasteiger partial charge in [-0.2, -0.15) is 4.31 Å². The quantitative estimate of drug-likeness (QED) is 0.697. The van der Waals surface area contributed by atoms with Gasteiger partial charge in [0.05, 0.1) is 10.6 Å². The predicted octanol–water partition coefficient (Wildman–Crippen LogP) is 4.18. The van der Waals surface area contributed by atoms with Crippen LogP contribution in [0, 0.1) is 6.92 Å². The maximum Gasteiger partial charge on any atom is 0.338 e. The zero-order valence-corrected chi connectivity index (χ0v) is 16.7. The number of rotatable bonds is 5. The third-order valence-electron chi connectivity index (χ3n) is 4.55. The molecule has 7 heteroatoms. The van der Waals surface area contributed by atoms with Gasteiger partial charge in [-0.15, -0.1) is 0 Å². The molecule has 0 bridgehead atoms. The van der Waals surface area contributed by atoms with Crippen LogP contribution in [0.2, 0.25) is 5.02 Å². The van der Waals surface area contributed by atoms with E-state index in [1.54, 1.807) is 0 Å². The second-order valence-electron chi connectivity index (χ2n) is 6.68. The highest BCUT2D eigenvalue weighted by Gasteiger charge is 2.29. The number of halogens is 1. The van der Waals surface area contributed by atoms with Crippen molar-refractivity contribution in [3.05, 3.63) is 64.2 Å². The normalized spacial score (nSPS) is 15.5. The third kappa shape index (κ3) is 4.69. The molecule has 27 heavy (non-hydrogen) atoms.